The van der Waals surface area contributed by atoms with Gasteiger partial charge in [-0.15, -0.1) is 10.2 Å². The molecule has 5 aromatic rings. The lowest BCUT2D eigenvalue weighted by Gasteiger charge is -2.11. The summed E-state index contributed by atoms with van der Waals surface area (Å²) in [5.74, 6) is 1.74. The number of hydrogen-bond donors (Lipinski definition) is 0. The number of benzene rings is 2. The molecule has 0 amide bonds. The number of halogens is 1. The second-order valence-corrected chi connectivity index (χ2v) is 10.7. The first-order valence-corrected chi connectivity index (χ1v) is 14.5. The molecule has 0 radical (unpaired) electrons. The maximum Gasteiger partial charge on any atom is 0.196 e. The number of rotatable bonds is 11. The van der Waals surface area contributed by atoms with Crippen LogP contribution in [0.5, 0.6) is 5.75 Å². The fraction of sp³-hybridized carbons (Fsp3) is 0.226. The molecule has 0 saturated carbocycles. The van der Waals surface area contributed by atoms with Gasteiger partial charge in [-0.1, -0.05) is 35.5 Å². The summed E-state index contributed by atoms with van der Waals surface area (Å²) >= 11 is 7.40. The Balaban J connectivity index is 1.36. The Kier molecular flexibility index (Phi) is 8.67. The average Bonchev–Trinajstić information content (AvgIpc) is 3.52. The van der Waals surface area contributed by atoms with Crippen molar-refractivity contribution in [2.75, 3.05) is 12.4 Å². The summed E-state index contributed by atoms with van der Waals surface area (Å²) in [5.41, 5.74) is 5.70. The number of hydrogen-bond acceptors (Lipinski definition) is 6. The van der Waals surface area contributed by atoms with Crippen molar-refractivity contribution in [2.24, 2.45) is 0 Å². The van der Waals surface area contributed by atoms with Gasteiger partial charge < -0.3 is 9.30 Å². The van der Waals surface area contributed by atoms with E-state index in [2.05, 4.69) is 19.7 Å². The summed E-state index contributed by atoms with van der Waals surface area (Å²) in [4.78, 5) is 17.7. The van der Waals surface area contributed by atoms with Crippen molar-refractivity contribution in [1.82, 2.24) is 24.3 Å². The first kappa shape index (κ1) is 27.7. The van der Waals surface area contributed by atoms with Gasteiger partial charge in [0.15, 0.2) is 16.8 Å². The van der Waals surface area contributed by atoms with E-state index in [1.54, 1.807) is 12.4 Å². The molecule has 204 valence electrons. The van der Waals surface area contributed by atoms with Crippen molar-refractivity contribution in [1.29, 1.82) is 0 Å². The molecule has 5 rings (SSSR count). The number of carbonyl (C=O) groups is 1. The molecule has 0 atom stereocenters. The molecule has 2 aromatic carbocycles. The Morgan fingerprint density at radius 1 is 1.02 bits per heavy atom. The number of Topliss-reactive ketones (excluding diaryl/α,β-unsaturated/α-hetero) is 1. The van der Waals surface area contributed by atoms with Crippen LogP contribution in [0.1, 0.15) is 34.2 Å². The molecule has 0 saturated heterocycles. The molecule has 9 heteroatoms. The van der Waals surface area contributed by atoms with Crippen LogP contribution in [0.15, 0.2) is 84.3 Å². The minimum atomic E-state index is 0.0556. The number of thioether (sulfide) groups is 1. The third kappa shape index (κ3) is 6.13. The van der Waals surface area contributed by atoms with E-state index >= 15 is 0 Å². The summed E-state index contributed by atoms with van der Waals surface area (Å²) in [6.45, 7) is 7.40. The minimum Gasteiger partial charge on any atom is -0.494 e. The molecule has 0 aliphatic heterocycles. The highest BCUT2D eigenvalue weighted by Crippen LogP contribution is 2.29. The third-order valence-corrected chi connectivity index (χ3v) is 7.88. The predicted molar refractivity (Wildman–Crippen MR) is 160 cm³/mol. The van der Waals surface area contributed by atoms with Crippen LogP contribution in [0.3, 0.4) is 0 Å². The Bertz CT molecular complexity index is 1600. The number of ketones is 1. The highest BCUT2D eigenvalue weighted by atomic mass is 35.5. The molecule has 40 heavy (non-hydrogen) atoms. The zero-order valence-corrected chi connectivity index (χ0v) is 24.2. The van der Waals surface area contributed by atoms with Crippen molar-refractivity contribution in [3.8, 4) is 22.8 Å². The number of pyridine rings is 1. The van der Waals surface area contributed by atoms with E-state index in [1.807, 2.05) is 92.1 Å². The van der Waals surface area contributed by atoms with E-state index in [0.29, 0.717) is 17.6 Å². The van der Waals surface area contributed by atoms with Crippen LogP contribution < -0.4 is 4.74 Å². The van der Waals surface area contributed by atoms with Gasteiger partial charge in [0.2, 0.25) is 0 Å². The second-order valence-electron chi connectivity index (χ2n) is 9.33. The number of aryl methyl sites for hydroxylation is 2. The maximum absolute atomic E-state index is 13.4. The molecule has 0 unspecified atom stereocenters. The van der Waals surface area contributed by atoms with E-state index in [9.17, 15) is 4.79 Å². The molecule has 3 aromatic heterocycles. The SMILES string of the molecule is CCOc1ccc(-n2c(SCC(=O)c3cc(C)n(CCc4ccc(Cl)cc4)c3C)nnc2-c2cccnc2)cc1. The fourth-order valence-electron chi connectivity index (χ4n) is 4.66. The topological polar surface area (TPSA) is 74.8 Å². The van der Waals surface area contributed by atoms with Gasteiger partial charge in [-0.05, 0) is 87.4 Å². The van der Waals surface area contributed by atoms with Crippen LogP contribution in [0, 0.1) is 13.8 Å². The molecule has 0 aliphatic carbocycles. The normalized spacial score (nSPS) is 11.1. The van der Waals surface area contributed by atoms with Crippen LogP contribution in [0.25, 0.3) is 17.1 Å². The molecule has 0 N–H and O–H groups in total. The van der Waals surface area contributed by atoms with Crippen molar-refractivity contribution in [3.63, 3.8) is 0 Å². The van der Waals surface area contributed by atoms with Gasteiger partial charge in [0.1, 0.15) is 5.75 Å². The highest BCUT2D eigenvalue weighted by Gasteiger charge is 2.20. The smallest absolute Gasteiger partial charge is 0.196 e. The molecule has 0 bridgehead atoms. The summed E-state index contributed by atoms with van der Waals surface area (Å²) in [5, 5.41) is 10.3. The van der Waals surface area contributed by atoms with Crippen LogP contribution in [-0.2, 0) is 13.0 Å². The summed E-state index contributed by atoms with van der Waals surface area (Å²) < 4.78 is 9.78. The fourth-order valence-corrected chi connectivity index (χ4v) is 5.62. The van der Waals surface area contributed by atoms with Crippen molar-refractivity contribution in [3.05, 3.63) is 107 Å². The molecule has 0 spiro atoms. The molecule has 3 heterocycles. The Labute approximate surface area is 243 Å². The average molecular weight is 572 g/mol. The predicted octanol–water partition coefficient (Wildman–Crippen LogP) is 7.02. The van der Waals surface area contributed by atoms with Gasteiger partial charge >= 0.3 is 0 Å². The van der Waals surface area contributed by atoms with Crippen molar-refractivity contribution < 1.29 is 9.53 Å². The summed E-state index contributed by atoms with van der Waals surface area (Å²) in [7, 11) is 0. The van der Waals surface area contributed by atoms with E-state index in [0.717, 1.165) is 51.9 Å². The number of aromatic nitrogens is 5. The lowest BCUT2D eigenvalue weighted by molar-refractivity contribution is 0.102. The molecular formula is C31H30ClN5O2S. The van der Waals surface area contributed by atoms with Gasteiger partial charge in [-0.25, -0.2) is 0 Å². The minimum absolute atomic E-state index is 0.0556. The van der Waals surface area contributed by atoms with E-state index < -0.39 is 0 Å². The largest absolute Gasteiger partial charge is 0.494 e. The summed E-state index contributed by atoms with van der Waals surface area (Å²) in [6.07, 6.45) is 4.34. The van der Waals surface area contributed by atoms with Crippen LogP contribution >= 0.6 is 23.4 Å². The number of carbonyl (C=O) groups excluding carboxylic acids is 1. The van der Waals surface area contributed by atoms with Gasteiger partial charge in [0, 0.05) is 52.2 Å². The van der Waals surface area contributed by atoms with Crippen molar-refractivity contribution >= 4 is 29.1 Å². The first-order chi connectivity index (χ1) is 19.4. The van der Waals surface area contributed by atoms with Crippen LogP contribution in [0.4, 0.5) is 0 Å². The lowest BCUT2D eigenvalue weighted by Crippen LogP contribution is -2.09. The van der Waals surface area contributed by atoms with Crippen LogP contribution in [0.2, 0.25) is 5.02 Å². The summed E-state index contributed by atoms with van der Waals surface area (Å²) in [6, 6.07) is 21.5. The third-order valence-electron chi connectivity index (χ3n) is 6.70. The van der Waals surface area contributed by atoms with Gasteiger partial charge in [-0.2, -0.15) is 0 Å². The van der Waals surface area contributed by atoms with E-state index in [-0.39, 0.29) is 11.5 Å². The van der Waals surface area contributed by atoms with Crippen molar-refractivity contribution in [2.45, 2.75) is 38.9 Å². The standard InChI is InChI=1S/C31H30ClN5O2S/c1-4-39-27-13-11-26(12-14-27)37-30(24-6-5-16-33-19-24)34-35-31(37)40-20-29(38)28-18-21(2)36(22(28)3)17-15-23-7-9-25(32)10-8-23/h5-14,16,18-19H,4,15,17,20H2,1-3H3. The molecular weight excluding hydrogens is 542 g/mol. The molecule has 0 aliphatic rings. The van der Waals surface area contributed by atoms with E-state index in [1.165, 1.54) is 17.3 Å². The number of nitrogens with zero attached hydrogens (tertiary/aromatic N) is 5. The second kappa shape index (κ2) is 12.5. The zero-order chi connectivity index (χ0) is 28.1. The van der Waals surface area contributed by atoms with Gasteiger partial charge in [0.05, 0.1) is 12.4 Å². The first-order valence-electron chi connectivity index (χ1n) is 13.1. The number of ether oxygens (including phenoxy) is 1. The highest BCUT2D eigenvalue weighted by molar-refractivity contribution is 7.99. The Hall–Kier alpha value is -3.88. The van der Waals surface area contributed by atoms with E-state index in [4.69, 9.17) is 16.3 Å². The Morgan fingerprint density at radius 2 is 1.80 bits per heavy atom. The molecule has 7 nitrogen and oxygen atoms in total. The molecule has 0 fully saturated rings. The quantitative estimate of drug-likeness (QED) is 0.125. The van der Waals surface area contributed by atoms with Gasteiger partial charge in [0.25, 0.3) is 0 Å². The van der Waals surface area contributed by atoms with Gasteiger partial charge in [-0.3, -0.25) is 14.3 Å². The Morgan fingerprint density at radius 3 is 2.50 bits per heavy atom. The zero-order valence-electron chi connectivity index (χ0n) is 22.7. The lowest BCUT2D eigenvalue weighted by atomic mass is 10.1. The van der Waals surface area contributed by atoms with Crippen LogP contribution in [-0.4, -0.2) is 42.5 Å². The monoisotopic (exact) mass is 571 g/mol. The maximum atomic E-state index is 13.4.